The third-order valence-corrected chi connectivity index (χ3v) is 3.88. The van der Waals surface area contributed by atoms with Crippen molar-refractivity contribution in [3.05, 3.63) is 24.3 Å². The van der Waals surface area contributed by atoms with Crippen LogP contribution in [0.15, 0.2) is 29.2 Å². The van der Waals surface area contributed by atoms with Gasteiger partial charge in [0.2, 0.25) is 10.0 Å². The third kappa shape index (κ3) is 4.36. The summed E-state index contributed by atoms with van der Waals surface area (Å²) in [6.07, 6.45) is 2.96. The van der Waals surface area contributed by atoms with Crippen molar-refractivity contribution in [2.75, 3.05) is 13.7 Å². The maximum absolute atomic E-state index is 11.9. The Hall–Kier alpha value is -1.07. The van der Waals surface area contributed by atoms with Gasteiger partial charge in [0.1, 0.15) is 5.75 Å². The maximum atomic E-state index is 11.9. The maximum Gasteiger partial charge on any atom is 0.240 e. The quantitative estimate of drug-likeness (QED) is 0.762. The van der Waals surface area contributed by atoms with Crippen LogP contribution in [0.1, 0.15) is 26.2 Å². The summed E-state index contributed by atoms with van der Waals surface area (Å²) in [5.74, 6) is 0.543. The number of nitrogens with one attached hydrogen (secondary N) is 1. The molecule has 4 nitrogen and oxygen atoms in total. The van der Waals surface area contributed by atoms with Gasteiger partial charge in [0.05, 0.1) is 12.0 Å². The number of unbranched alkanes of at least 4 members (excludes halogenated alkanes) is 2. The zero-order chi connectivity index (χ0) is 12.7. The molecule has 17 heavy (non-hydrogen) atoms. The Morgan fingerprint density at radius 2 is 2.06 bits per heavy atom. The smallest absolute Gasteiger partial charge is 0.240 e. The van der Waals surface area contributed by atoms with Gasteiger partial charge in [0.15, 0.2) is 0 Å². The molecule has 0 saturated carbocycles. The van der Waals surface area contributed by atoms with Crippen LogP contribution in [0.3, 0.4) is 0 Å². The highest BCUT2D eigenvalue weighted by Gasteiger charge is 2.13. The fourth-order valence-electron chi connectivity index (χ4n) is 1.43. The molecule has 1 aromatic rings. The number of rotatable bonds is 7. The molecule has 1 aromatic carbocycles. The van der Waals surface area contributed by atoms with Gasteiger partial charge in [0.25, 0.3) is 0 Å². The molecule has 0 aliphatic rings. The zero-order valence-corrected chi connectivity index (χ0v) is 11.1. The average molecular weight is 257 g/mol. The van der Waals surface area contributed by atoms with E-state index in [2.05, 4.69) is 11.6 Å². The first-order chi connectivity index (χ1) is 8.10. The predicted molar refractivity (Wildman–Crippen MR) is 67.7 cm³/mol. The SMILES string of the molecule is CCCCCNS(=O)(=O)c1cccc(OC)c1. The Bertz CT molecular complexity index is 443. The van der Waals surface area contributed by atoms with Crippen LogP contribution in [-0.4, -0.2) is 22.1 Å². The van der Waals surface area contributed by atoms with Gasteiger partial charge in [-0.2, -0.15) is 0 Å². The lowest BCUT2D eigenvalue weighted by Gasteiger charge is -2.07. The molecular weight excluding hydrogens is 238 g/mol. The monoisotopic (exact) mass is 257 g/mol. The molecule has 0 aromatic heterocycles. The van der Waals surface area contributed by atoms with Crippen molar-refractivity contribution < 1.29 is 13.2 Å². The number of methoxy groups -OCH3 is 1. The highest BCUT2D eigenvalue weighted by atomic mass is 32.2. The molecule has 0 heterocycles. The van der Waals surface area contributed by atoms with Crippen molar-refractivity contribution in [1.82, 2.24) is 4.72 Å². The number of benzene rings is 1. The highest BCUT2D eigenvalue weighted by molar-refractivity contribution is 7.89. The second-order valence-electron chi connectivity index (χ2n) is 3.78. The molecule has 0 unspecified atom stereocenters. The summed E-state index contributed by atoms with van der Waals surface area (Å²) in [5, 5.41) is 0. The summed E-state index contributed by atoms with van der Waals surface area (Å²) >= 11 is 0. The average Bonchev–Trinajstić information content (AvgIpc) is 2.35. The van der Waals surface area contributed by atoms with E-state index in [1.165, 1.54) is 13.2 Å². The molecule has 0 amide bonds. The van der Waals surface area contributed by atoms with Crippen LogP contribution in [0.4, 0.5) is 0 Å². The summed E-state index contributed by atoms with van der Waals surface area (Å²) in [7, 11) is -1.89. The minimum Gasteiger partial charge on any atom is -0.497 e. The van der Waals surface area contributed by atoms with E-state index in [0.29, 0.717) is 12.3 Å². The number of hydrogen-bond donors (Lipinski definition) is 1. The normalized spacial score (nSPS) is 11.4. The van der Waals surface area contributed by atoms with Crippen LogP contribution >= 0.6 is 0 Å². The van der Waals surface area contributed by atoms with Crippen molar-refractivity contribution in [2.24, 2.45) is 0 Å². The van der Waals surface area contributed by atoms with Gasteiger partial charge in [-0.1, -0.05) is 25.8 Å². The molecule has 5 heteroatoms. The fourth-order valence-corrected chi connectivity index (χ4v) is 2.54. The minimum absolute atomic E-state index is 0.244. The standard InChI is InChI=1S/C12H19NO3S/c1-3-4-5-9-13-17(14,15)12-8-6-7-11(10-12)16-2/h6-8,10,13H,3-5,9H2,1-2H3. The van der Waals surface area contributed by atoms with Gasteiger partial charge in [-0.15, -0.1) is 0 Å². The van der Waals surface area contributed by atoms with Crippen LogP contribution in [0.25, 0.3) is 0 Å². The first-order valence-corrected chi connectivity index (χ1v) is 7.22. The van der Waals surface area contributed by atoms with E-state index in [4.69, 9.17) is 4.74 Å². The van der Waals surface area contributed by atoms with E-state index in [0.717, 1.165) is 19.3 Å². The summed E-state index contributed by atoms with van der Waals surface area (Å²) in [4.78, 5) is 0.244. The number of sulfonamides is 1. The van der Waals surface area contributed by atoms with Crippen molar-refractivity contribution in [3.8, 4) is 5.75 Å². The summed E-state index contributed by atoms with van der Waals surface area (Å²) in [6, 6.07) is 6.46. The van der Waals surface area contributed by atoms with Crippen molar-refractivity contribution in [2.45, 2.75) is 31.1 Å². The van der Waals surface area contributed by atoms with E-state index in [9.17, 15) is 8.42 Å². The Labute approximate surface area is 103 Å². The molecule has 0 spiro atoms. The number of hydrogen-bond acceptors (Lipinski definition) is 3. The van der Waals surface area contributed by atoms with E-state index in [1.54, 1.807) is 18.2 Å². The van der Waals surface area contributed by atoms with Gasteiger partial charge in [-0.25, -0.2) is 13.1 Å². The van der Waals surface area contributed by atoms with Crippen molar-refractivity contribution in [3.63, 3.8) is 0 Å². The van der Waals surface area contributed by atoms with E-state index >= 15 is 0 Å². The summed E-state index contributed by atoms with van der Waals surface area (Å²) in [6.45, 7) is 2.56. The molecule has 96 valence electrons. The van der Waals surface area contributed by atoms with Crippen LogP contribution in [0.2, 0.25) is 0 Å². The van der Waals surface area contributed by atoms with E-state index in [1.807, 2.05) is 0 Å². The van der Waals surface area contributed by atoms with Crippen LogP contribution in [-0.2, 0) is 10.0 Å². The minimum atomic E-state index is -3.40. The Kier molecular flexibility index (Phi) is 5.44. The van der Waals surface area contributed by atoms with Crippen molar-refractivity contribution in [1.29, 1.82) is 0 Å². The second kappa shape index (κ2) is 6.61. The van der Waals surface area contributed by atoms with Gasteiger partial charge in [0, 0.05) is 12.6 Å². The lowest BCUT2D eigenvalue weighted by atomic mass is 10.3. The van der Waals surface area contributed by atoms with Gasteiger partial charge in [-0.05, 0) is 18.6 Å². The first kappa shape index (κ1) is 14.0. The van der Waals surface area contributed by atoms with Crippen molar-refractivity contribution >= 4 is 10.0 Å². The molecule has 0 bridgehead atoms. The molecule has 0 aliphatic heterocycles. The van der Waals surface area contributed by atoms with Gasteiger partial charge >= 0.3 is 0 Å². The molecule has 1 rings (SSSR count). The molecule has 0 saturated heterocycles. The van der Waals surface area contributed by atoms with Crippen LogP contribution in [0.5, 0.6) is 5.75 Å². The topological polar surface area (TPSA) is 55.4 Å². The van der Waals surface area contributed by atoms with Gasteiger partial charge < -0.3 is 4.74 Å². The molecule has 1 N–H and O–H groups in total. The molecule has 0 fully saturated rings. The van der Waals surface area contributed by atoms with Gasteiger partial charge in [-0.3, -0.25) is 0 Å². The first-order valence-electron chi connectivity index (χ1n) is 5.74. The fraction of sp³-hybridized carbons (Fsp3) is 0.500. The predicted octanol–water partition coefficient (Wildman–Crippen LogP) is 2.16. The largest absolute Gasteiger partial charge is 0.497 e. The molecule has 0 atom stereocenters. The summed E-state index contributed by atoms with van der Waals surface area (Å²) < 4.78 is 31.4. The highest BCUT2D eigenvalue weighted by Crippen LogP contribution is 2.16. The van der Waals surface area contributed by atoms with Crippen LogP contribution in [0, 0.1) is 0 Å². The second-order valence-corrected chi connectivity index (χ2v) is 5.55. The Morgan fingerprint density at radius 1 is 1.29 bits per heavy atom. The number of ether oxygens (including phenoxy) is 1. The zero-order valence-electron chi connectivity index (χ0n) is 10.3. The summed E-state index contributed by atoms with van der Waals surface area (Å²) in [5.41, 5.74) is 0. The Balaban J connectivity index is 2.68. The molecule has 0 radical (unpaired) electrons. The molecule has 0 aliphatic carbocycles. The Morgan fingerprint density at radius 3 is 2.71 bits per heavy atom. The molecular formula is C12H19NO3S. The lowest BCUT2D eigenvalue weighted by Crippen LogP contribution is -2.24. The van der Waals surface area contributed by atoms with Crippen LogP contribution < -0.4 is 9.46 Å². The van der Waals surface area contributed by atoms with E-state index < -0.39 is 10.0 Å². The van der Waals surface area contributed by atoms with E-state index in [-0.39, 0.29) is 4.90 Å². The third-order valence-electron chi connectivity index (χ3n) is 2.42. The lowest BCUT2D eigenvalue weighted by molar-refractivity contribution is 0.413.